The molecular weight excluding hydrogens is 428 g/mol. The van der Waals surface area contributed by atoms with E-state index in [1.165, 1.54) is 12.0 Å². The van der Waals surface area contributed by atoms with Crippen molar-refractivity contribution < 1.29 is 28.9 Å². The molecule has 10 heteroatoms. The van der Waals surface area contributed by atoms with E-state index in [1.807, 2.05) is 0 Å². The number of methoxy groups -OCH3 is 1. The molecule has 0 spiro atoms. The lowest BCUT2D eigenvalue weighted by atomic mass is 10.0. The standard InChI is InChI=1S/C23H26N4O6/c1-4-32-21(28)18-17(24)20(33-13-12-31-3)26-19(25-18)16-7-5-6-15(14-16)8-9-23(30)10-11-27(2)22(23)29/h5-7,14,30H,4,10-13,24H2,1-3H3/t23-/m0/s1. The minimum atomic E-state index is -1.71. The van der Waals surface area contributed by atoms with Crippen LogP contribution in [-0.4, -0.2) is 78.0 Å². The monoisotopic (exact) mass is 454 g/mol. The van der Waals surface area contributed by atoms with E-state index in [2.05, 4.69) is 21.8 Å². The summed E-state index contributed by atoms with van der Waals surface area (Å²) in [6.45, 7) is 2.74. The average molecular weight is 454 g/mol. The maximum Gasteiger partial charge on any atom is 0.359 e. The number of esters is 1. The number of carbonyl (C=O) groups is 2. The van der Waals surface area contributed by atoms with Crippen LogP contribution in [0.5, 0.6) is 5.88 Å². The summed E-state index contributed by atoms with van der Waals surface area (Å²) >= 11 is 0. The number of nitrogens with two attached hydrogens (primary N) is 1. The molecule has 1 aliphatic heterocycles. The van der Waals surface area contributed by atoms with Crippen LogP contribution in [0.2, 0.25) is 0 Å². The summed E-state index contributed by atoms with van der Waals surface area (Å²) < 4.78 is 15.6. The summed E-state index contributed by atoms with van der Waals surface area (Å²) in [5.41, 5.74) is 5.27. The SMILES string of the molecule is CCOC(=O)c1nc(-c2cccc(C#C[C@]3(O)CCN(C)C3=O)c2)nc(OCCOC)c1N. The Labute approximate surface area is 191 Å². The molecule has 3 rings (SSSR count). The fraction of sp³-hybridized carbons (Fsp3) is 0.391. The van der Waals surface area contributed by atoms with Crippen molar-refractivity contribution in [2.75, 3.05) is 46.3 Å². The zero-order chi connectivity index (χ0) is 24.0. The molecule has 1 atom stereocenters. The van der Waals surface area contributed by atoms with Crippen molar-refractivity contribution in [2.24, 2.45) is 0 Å². The number of anilines is 1. The number of nitrogen functional groups attached to an aromatic ring is 1. The van der Waals surface area contributed by atoms with Crippen molar-refractivity contribution in [1.29, 1.82) is 0 Å². The zero-order valence-corrected chi connectivity index (χ0v) is 18.8. The van der Waals surface area contributed by atoms with E-state index >= 15 is 0 Å². The smallest absolute Gasteiger partial charge is 0.359 e. The van der Waals surface area contributed by atoms with Crippen LogP contribution in [0.15, 0.2) is 24.3 Å². The molecule has 0 radical (unpaired) electrons. The normalized spacial score (nSPS) is 17.5. The first-order valence-corrected chi connectivity index (χ1v) is 10.4. The fourth-order valence-electron chi connectivity index (χ4n) is 3.15. The molecule has 1 fully saturated rings. The molecule has 10 nitrogen and oxygen atoms in total. The van der Waals surface area contributed by atoms with Crippen LogP contribution in [0.3, 0.4) is 0 Å². The average Bonchev–Trinajstić information content (AvgIpc) is 3.07. The maximum absolute atomic E-state index is 12.4. The minimum absolute atomic E-state index is 0.0321. The van der Waals surface area contributed by atoms with E-state index in [0.29, 0.717) is 24.3 Å². The lowest BCUT2D eigenvalue weighted by Gasteiger charge is -2.13. The van der Waals surface area contributed by atoms with Gasteiger partial charge in [-0.2, -0.15) is 4.98 Å². The van der Waals surface area contributed by atoms with E-state index in [9.17, 15) is 14.7 Å². The lowest BCUT2D eigenvalue weighted by molar-refractivity contribution is -0.137. The first-order chi connectivity index (χ1) is 15.8. The van der Waals surface area contributed by atoms with Crippen LogP contribution in [0, 0.1) is 11.8 Å². The van der Waals surface area contributed by atoms with Gasteiger partial charge in [0.05, 0.1) is 13.2 Å². The summed E-state index contributed by atoms with van der Waals surface area (Å²) in [5.74, 6) is 4.61. The molecule has 0 aliphatic carbocycles. The Morgan fingerprint density at radius 1 is 1.33 bits per heavy atom. The van der Waals surface area contributed by atoms with Gasteiger partial charge in [-0.15, -0.1) is 0 Å². The molecule has 2 heterocycles. The van der Waals surface area contributed by atoms with Crippen LogP contribution < -0.4 is 10.5 Å². The Hall–Kier alpha value is -3.68. The number of likely N-dealkylation sites (N-methyl/N-ethyl adjacent to an activating group) is 1. The third-order valence-corrected chi connectivity index (χ3v) is 4.95. The summed E-state index contributed by atoms with van der Waals surface area (Å²) in [7, 11) is 3.15. The van der Waals surface area contributed by atoms with Gasteiger partial charge in [0, 0.05) is 38.2 Å². The first kappa shape index (κ1) is 24.0. The molecule has 1 aromatic carbocycles. The largest absolute Gasteiger partial charge is 0.474 e. The number of aliphatic hydroxyl groups is 1. The van der Waals surface area contributed by atoms with E-state index < -0.39 is 17.5 Å². The molecule has 174 valence electrons. The highest BCUT2D eigenvalue weighted by Gasteiger charge is 2.42. The Balaban J connectivity index is 1.98. The predicted octanol–water partition coefficient (Wildman–Crippen LogP) is 0.872. The second-order valence-electron chi connectivity index (χ2n) is 7.34. The van der Waals surface area contributed by atoms with Crippen molar-refractivity contribution >= 4 is 17.6 Å². The molecule has 1 aliphatic rings. The fourth-order valence-corrected chi connectivity index (χ4v) is 3.15. The Morgan fingerprint density at radius 2 is 2.12 bits per heavy atom. The number of ether oxygens (including phenoxy) is 3. The highest BCUT2D eigenvalue weighted by molar-refractivity contribution is 5.94. The second-order valence-corrected chi connectivity index (χ2v) is 7.34. The van der Waals surface area contributed by atoms with Crippen LogP contribution in [0.4, 0.5) is 5.69 Å². The summed E-state index contributed by atoms with van der Waals surface area (Å²) in [5, 5.41) is 10.5. The van der Waals surface area contributed by atoms with Crippen molar-refractivity contribution in [3.8, 4) is 29.1 Å². The quantitative estimate of drug-likeness (QED) is 0.355. The van der Waals surface area contributed by atoms with Gasteiger partial charge in [-0.1, -0.05) is 24.0 Å². The van der Waals surface area contributed by atoms with Crippen LogP contribution >= 0.6 is 0 Å². The molecule has 0 unspecified atom stereocenters. The third-order valence-electron chi connectivity index (χ3n) is 4.95. The van der Waals surface area contributed by atoms with E-state index in [-0.39, 0.29) is 42.7 Å². The molecule has 1 saturated heterocycles. The van der Waals surface area contributed by atoms with Gasteiger partial charge in [0.15, 0.2) is 11.5 Å². The van der Waals surface area contributed by atoms with Gasteiger partial charge in [0.1, 0.15) is 12.3 Å². The molecule has 0 saturated carbocycles. The molecule has 0 bridgehead atoms. The number of aromatic nitrogens is 2. The van der Waals surface area contributed by atoms with Crippen molar-refractivity contribution in [1.82, 2.24) is 14.9 Å². The van der Waals surface area contributed by atoms with E-state index in [4.69, 9.17) is 19.9 Å². The summed E-state index contributed by atoms with van der Waals surface area (Å²) in [4.78, 5) is 34.6. The van der Waals surface area contributed by atoms with Crippen LogP contribution in [0.25, 0.3) is 11.4 Å². The molecule has 3 N–H and O–H groups in total. The van der Waals surface area contributed by atoms with E-state index in [1.54, 1.807) is 38.2 Å². The minimum Gasteiger partial charge on any atom is -0.474 e. The van der Waals surface area contributed by atoms with Crippen molar-refractivity contribution in [3.63, 3.8) is 0 Å². The van der Waals surface area contributed by atoms with E-state index in [0.717, 1.165) is 0 Å². The number of amides is 1. The highest BCUT2D eigenvalue weighted by Crippen LogP contribution is 2.28. The van der Waals surface area contributed by atoms with Crippen molar-refractivity contribution in [2.45, 2.75) is 18.9 Å². The van der Waals surface area contributed by atoms with Gasteiger partial charge < -0.3 is 30.0 Å². The molecule has 1 amide bonds. The number of hydrogen-bond acceptors (Lipinski definition) is 9. The number of hydrogen-bond donors (Lipinski definition) is 2. The van der Waals surface area contributed by atoms with Gasteiger partial charge in [0.25, 0.3) is 5.91 Å². The number of rotatable bonds is 7. The number of carbonyl (C=O) groups excluding carboxylic acids is 2. The number of benzene rings is 1. The lowest BCUT2D eigenvalue weighted by Crippen LogP contribution is -2.37. The summed E-state index contributed by atoms with van der Waals surface area (Å²) in [6.07, 6.45) is 0.237. The van der Waals surface area contributed by atoms with Crippen LogP contribution in [0.1, 0.15) is 29.4 Å². The molecular formula is C23H26N4O6. The Morgan fingerprint density at radius 3 is 2.79 bits per heavy atom. The number of nitrogens with zero attached hydrogens (tertiary/aromatic N) is 3. The zero-order valence-electron chi connectivity index (χ0n) is 18.8. The second kappa shape index (κ2) is 10.3. The van der Waals surface area contributed by atoms with Gasteiger partial charge in [0.2, 0.25) is 11.5 Å². The highest BCUT2D eigenvalue weighted by atomic mass is 16.5. The van der Waals surface area contributed by atoms with Crippen molar-refractivity contribution in [3.05, 3.63) is 35.5 Å². The molecule has 33 heavy (non-hydrogen) atoms. The number of likely N-dealkylation sites (tertiary alicyclic amines) is 1. The molecule has 2 aromatic rings. The Bertz CT molecular complexity index is 1110. The summed E-state index contributed by atoms with van der Waals surface area (Å²) in [6, 6.07) is 6.86. The van der Waals surface area contributed by atoms with Crippen LogP contribution in [-0.2, 0) is 14.3 Å². The maximum atomic E-state index is 12.4. The third kappa shape index (κ3) is 5.39. The van der Waals surface area contributed by atoms with Gasteiger partial charge in [-0.3, -0.25) is 4.79 Å². The predicted molar refractivity (Wildman–Crippen MR) is 119 cm³/mol. The van der Waals surface area contributed by atoms with Gasteiger partial charge in [-0.05, 0) is 19.1 Å². The topological polar surface area (TPSA) is 137 Å². The van der Waals surface area contributed by atoms with Gasteiger partial charge >= 0.3 is 5.97 Å². The Kier molecular flexibility index (Phi) is 7.48. The molecule has 1 aromatic heterocycles. The first-order valence-electron chi connectivity index (χ1n) is 10.4. The van der Waals surface area contributed by atoms with Gasteiger partial charge in [-0.25, -0.2) is 9.78 Å².